The fourth-order valence-electron chi connectivity index (χ4n) is 4.87. The van der Waals surface area contributed by atoms with Crippen LogP contribution in [0.2, 0.25) is 0 Å². The van der Waals surface area contributed by atoms with Gasteiger partial charge in [0.1, 0.15) is 41.0 Å². The fraction of sp³-hybridized carbons (Fsp3) is 0.0400. The number of benzene rings is 4. The van der Waals surface area contributed by atoms with Crippen LogP contribution < -0.4 is 45.9 Å². The van der Waals surface area contributed by atoms with Crippen molar-refractivity contribution in [3.8, 4) is 0 Å². The summed E-state index contributed by atoms with van der Waals surface area (Å²) in [6.07, 6.45) is -7.42. The van der Waals surface area contributed by atoms with Crippen LogP contribution in [0, 0.1) is 87.3 Å². The van der Waals surface area contributed by atoms with Crippen molar-refractivity contribution in [2.75, 3.05) is 0 Å². The zero-order valence-electron chi connectivity index (χ0n) is 20.3. The summed E-state index contributed by atoms with van der Waals surface area (Å²) in [5, 5.41) is 0. The van der Waals surface area contributed by atoms with Gasteiger partial charge in [0, 0.05) is 0 Å². The Morgan fingerprint density at radius 3 is 0.786 bits per heavy atom. The summed E-state index contributed by atoms with van der Waals surface area (Å²) < 4.78 is 220. The number of hydrogen-bond donors (Lipinski definition) is 0. The Labute approximate surface area is 247 Å². The molecule has 0 spiro atoms. The van der Waals surface area contributed by atoms with E-state index in [1.165, 1.54) is 6.07 Å². The van der Waals surface area contributed by atoms with E-state index in [9.17, 15) is 39.5 Å². The molecule has 4 aromatic carbocycles. The monoisotopic (exact) mass is 626 g/mol. The smallest absolute Gasteiger partial charge is 0.207 e. The van der Waals surface area contributed by atoms with Gasteiger partial charge in [0.25, 0.3) is 0 Å². The van der Waals surface area contributed by atoms with Crippen LogP contribution in [0.3, 0.4) is 0 Å². The Kier molecular flexibility index (Phi) is 9.45. The van der Waals surface area contributed by atoms with Gasteiger partial charge < -0.3 is 0 Å². The van der Waals surface area contributed by atoms with Gasteiger partial charge in [-0.15, -0.1) is 22.7 Å². The molecule has 0 bridgehead atoms. The van der Waals surface area contributed by atoms with E-state index in [1.807, 2.05) is 0 Å². The van der Waals surface area contributed by atoms with E-state index in [4.69, 9.17) is 0 Å². The second kappa shape index (κ2) is 11.9. The van der Waals surface area contributed by atoms with Crippen molar-refractivity contribution < 1.29 is 95.4 Å². The van der Waals surface area contributed by atoms with E-state index in [1.54, 1.807) is 0 Å². The van der Waals surface area contributed by atoms with Gasteiger partial charge in [-0.3, -0.25) is 0 Å². The predicted molar refractivity (Wildman–Crippen MR) is 113 cm³/mol. The molecule has 0 fully saturated rings. The Morgan fingerprint density at radius 2 is 0.548 bits per heavy atom. The van der Waals surface area contributed by atoms with Gasteiger partial charge in [-0.1, -0.05) is 35.9 Å². The first-order valence-corrected chi connectivity index (χ1v) is 10.9. The third-order valence-corrected chi connectivity index (χ3v) is 6.59. The zero-order chi connectivity index (χ0) is 30.7. The largest absolute Gasteiger partial charge is 1.00 e. The van der Waals surface area contributed by atoms with Gasteiger partial charge in [-0.05, 0) is 0 Å². The summed E-state index contributed by atoms with van der Waals surface area (Å²) in [6, 6.07) is 4.94. The predicted octanol–water partition coefficient (Wildman–Crippen LogP) is 3.03. The molecule has 0 nitrogen and oxygen atoms in total. The maximum Gasteiger partial charge on any atom is 1.00 e. The maximum absolute atomic E-state index is 15.3. The van der Waals surface area contributed by atoms with Gasteiger partial charge >= 0.3 is 29.6 Å². The van der Waals surface area contributed by atoms with Crippen molar-refractivity contribution in [3.63, 3.8) is 0 Å². The Hall–Kier alpha value is -3.11. The minimum atomic E-state index is -5.59. The molecule has 0 heterocycles. The average Bonchev–Trinajstić information content (AvgIpc) is 2.95. The van der Waals surface area contributed by atoms with Crippen molar-refractivity contribution >= 4 is 22.5 Å². The first-order chi connectivity index (χ1) is 19.1. The van der Waals surface area contributed by atoms with E-state index in [0.717, 1.165) is 24.3 Å². The van der Waals surface area contributed by atoms with Gasteiger partial charge in [0.05, 0.1) is 0 Å². The molecule has 17 heteroatoms. The van der Waals surface area contributed by atoms with Crippen LogP contribution >= 0.6 is 0 Å². The molecule has 0 radical (unpaired) electrons. The van der Waals surface area contributed by atoms with Gasteiger partial charge in [0.15, 0.2) is 52.4 Å². The maximum atomic E-state index is 15.3. The molecule has 0 amide bonds. The minimum absolute atomic E-state index is 0. The van der Waals surface area contributed by atoms with E-state index in [-0.39, 0.29) is 29.6 Å². The molecule has 4 rings (SSSR count). The molecule has 0 aromatic heterocycles. The summed E-state index contributed by atoms with van der Waals surface area (Å²) in [4.78, 5) is 0. The van der Waals surface area contributed by atoms with E-state index in [2.05, 4.69) is 0 Å². The van der Waals surface area contributed by atoms with Gasteiger partial charge in [-0.2, -0.15) is 0 Å². The molecular formula is C25H7BF15Na. The summed E-state index contributed by atoms with van der Waals surface area (Å²) in [5.41, 5.74) is -8.49. The number of rotatable bonds is 5. The first-order valence-electron chi connectivity index (χ1n) is 10.9. The fourth-order valence-corrected chi connectivity index (χ4v) is 4.87. The van der Waals surface area contributed by atoms with Crippen LogP contribution in [0.1, 0.15) is 5.56 Å². The SMILES string of the molecule is Fc1c(F)c(F)c([B-](Cc2ccccc2)(c2c(F)c(F)c(F)c(F)c2F)c2c(F)c(F)c(F)c(F)c2F)c(F)c1F.[Na+]. The molecule has 0 saturated heterocycles. The molecule has 0 aliphatic carbocycles. The summed E-state index contributed by atoms with van der Waals surface area (Å²) >= 11 is 0. The van der Waals surface area contributed by atoms with E-state index < -0.39 is 122 Å². The minimum Gasteiger partial charge on any atom is -0.207 e. The van der Waals surface area contributed by atoms with Crippen LogP contribution in [0.25, 0.3) is 0 Å². The van der Waals surface area contributed by atoms with Crippen molar-refractivity contribution in [3.05, 3.63) is 123 Å². The molecule has 42 heavy (non-hydrogen) atoms. The molecule has 0 aliphatic heterocycles. The van der Waals surface area contributed by atoms with Crippen LogP contribution in [-0.2, 0) is 6.32 Å². The molecule has 216 valence electrons. The summed E-state index contributed by atoms with van der Waals surface area (Å²) in [6.45, 7) is 0. The number of halogens is 15. The Bertz CT molecular complexity index is 1470. The molecule has 4 aromatic rings. The molecular weight excluding hydrogens is 619 g/mol. The zero-order valence-corrected chi connectivity index (χ0v) is 22.3. The molecule has 0 saturated carbocycles. The summed E-state index contributed by atoms with van der Waals surface area (Å²) in [7, 11) is 0. The number of hydrogen-bond acceptors (Lipinski definition) is 0. The van der Waals surface area contributed by atoms with Crippen LogP contribution in [0.4, 0.5) is 65.9 Å². The van der Waals surface area contributed by atoms with Crippen molar-refractivity contribution in [1.82, 2.24) is 0 Å². The normalized spacial score (nSPS) is 11.6. The van der Waals surface area contributed by atoms with Crippen molar-refractivity contribution in [2.24, 2.45) is 0 Å². The van der Waals surface area contributed by atoms with Gasteiger partial charge in [0.2, 0.25) is 0 Å². The second-order valence-electron chi connectivity index (χ2n) is 8.69. The van der Waals surface area contributed by atoms with E-state index in [0.29, 0.717) is 0 Å². The third kappa shape index (κ3) is 4.76. The van der Waals surface area contributed by atoms with E-state index >= 15 is 26.3 Å². The Morgan fingerprint density at radius 1 is 0.333 bits per heavy atom. The topological polar surface area (TPSA) is 0 Å². The average molecular weight is 626 g/mol. The second-order valence-corrected chi connectivity index (χ2v) is 8.69. The molecule has 0 atom stereocenters. The first kappa shape index (κ1) is 33.4. The third-order valence-electron chi connectivity index (χ3n) is 6.59. The standard InChI is InChI=1S/C25H7BF15.Na/c27-11-8(12(28)18(34)23(39)17(11)33)26(6-7-4-2-1-3-5-7,9-13(29)19(35)24(40)20(36)14(9)30)10-15(31)21(37)25(41)22(38)16(10)32;/h1-5H,6H2;/q-1;+1. The quantitative estimate of drug-likeness (QED) is 0.139. The van der Waals surface area contributed by atoms with Crippen molar-refractivity contribution in [1.29, 1.82) is 0 Å². The van der Waals surface area contributed by atoms with Crippen LogP contribution in [0.5, 0.6) is 0 Å². The summed E-state index contributed by atoms with van der Waals surface area (Å²) in [5.74, 6) is -45.2. The molecule has 0 N–H and O–H groups in total. The van der Waals surface area contributed by atoms with Crippen LogP contribution in [0.15, 0.2) is 30.3 Å². The van der Waals surface area contributed by atoms with Crippen LogP contribution in [-0.4, -0.2) is 6.15 Å². The van der Waals surface area contributed by atoms with Crippen molar-refractivity contribution in [2.45, 2.75) is 6.32 Å². The Balaban J connectivity index is 0.00000484. The molecule has 0 unspecified atom stereocenters. The molecule has 0 aliphatic rings. The van der Waals surface area contributed by atoms with Gasteiger partial charge in [-0.25, -0.2) is 65.9 Å².